The van der Waals surface area contributed by atoms with Gasteiger partial charge in [-0.3, -0.25) is 18.5 Å². The fraction of sp³-hybridized carbons (Fsp3) is 0.103. The number of fused-ring (bicyclic) bond motifs is 1. The van der Waals surface area contributed by atoms with Crippen molar-refractivity contribution in [2.75, 3.05) is 39.5 Å². The van der Waals surface area contributed by atoms with Crippen molar-refractivity contribution in [2.24, 2.45) is 30.7 Å². The highest BCUT2D eigenvalue weighted by molar-refractivity contribution is 7.87. The summed E-state index contributed by atoms with van der Waals surface area (Å²) in [5, 5.41) is 38.5. The number of benzene rings is 6. The topological polar surface area (TPSA) is 350 Å². The van der Waals surface area contributed by atoms with E-state index in [2.05, 4.69) is 36.0 Å². The molecule has 0 unspecified atom stereocenters. The zero-order chi connectivity index (χ0) is 47.4. The molecule has 23 nitrogen and oxygen atoms in total. The van der Waals surface area contributed by atoms with Gasteiger partial charge in [-0.1, -0.05) is 0 Å². The van der Waals surface area contributed by atoms with Crippen LogP contribution >= 0.6 is 0 Å². The van der Waals surface area contributed by atoms with E-state index in [1.54, 1.807) is 12.1 Å². The number of hydrogen-bond acceptors (Lipinski definition) is 19. The van der Waals surface area contributed by atoms with Gasteiger partial charge >= 0.3 is 0 Å². The first-order valence-electron chi connectivity index (χ1n) is 18.0. The Kier molecular flexibility index (Phi) is 13.4. The highest BCUT2D eigenvalue weighted by atomic mass is 32.2. The number of phenolic OH excluding ortho intramolecular Hbond substituents is 1. The predicted molar refractivity (Wildman–Crippen MR) is 232 cm³/mol. The lowest BCUT2D eigenvalue weighted by molar-refractivity contribution is 0.102. The normalized spacial score (nSPS) is 12.3. The quantitative estimate of drug-likeness (QED) is 0.0319. The van der Waals surface area contributed by atoms with Crippen molar-refractivity contribution in [3.63, 3.8) is 0 Å². The Bertz CT molecular complexity index is 3310. The lowest BCUT2D eigenvalue weighted by Gasteiger charge is -2.12. The maximum atomic E-state index is 12.8. The van der Waals surface area contributed by atoms with Crippen molar-refractivity contribution in [1.82, 2.24) is 0 Å². The standard InChI is InChI=1S/C39H34N8O15S3/c1-59-31-17-28(32(60-2)16-27(31)43-42-26-12-10-24(63(50,51)52)15-35(26)64(53,54)55)44-45-29-18-34(62-4)30(19-33(29)61-3)46-47-37-36(65(56,57)58)14-21-13-23(9-11-25(21)38(37)48)41-39(49)20-5-7-22(40)8-6-20/h5-19,48H,40H2,1-4H3,(H,41,49)(H,50,51,52)(H,53,54,55)(H,56,57,58). The molecule has 6 aromatic carbocycles. The third kappa shape index (κ3) is 10.6. The van der Waals surface area contributed by atoms with Gasteiger partial charge in [-0.15, -0.1) is 30.7 Å². The summed E-state index contributed by atoms with van der Waals surface area (Å²) in [7, 11) is -9.77. The van der Waals surface area contributed by atoms with Gasteiger partial charge in [0.1, 0.15) is 66.9 Å². The summed E-state index contributed by atoms with van der Waals surface area (Å²) in [5.41, 5.74) is 5.60. The van der Waals surface area contributed by atoms with Crippen LogP contribution in [-0.2, 0) is 30.4 Å². The number of anilines is 2. The molecule has 0 saturated carbocycles. The summed E-state index contributed by atoms with van der Waals surface area (Å²) < 4.78 is 123. The van der Waals surface area contributed by atoms with Gasteiger partial charge in [0.15, 0.2) is 5.75 Å². The molecule has 0 aromatic heterocycles. The van der Waals surface area contributed by atoms with Gasteiger partial charge in [0.2, 0.25) is 0 Å². The minimum atomic E-state index is -5.04. The van der Waals surface area contributed by atoms with E-state index in [1.807, 2.05) is 0 Å². The number of hydrogen-bond donors (Lipinski definition) is 6. The molecule has 0 spiro atoms. The third-order valence-corrected chi connectivity index (χ3v) is 11.6. The van der Waals surface area contributed by atoms with Gasteiger partial charge in [-0.05, 0) is 72.1 Å². The number of carbonyl (C=O) groups is 1. The summed E-state index contributed by atoms with van der Waals surface area (Å²) in [6.45, 7) is 0. The summed E-state index contributed by atoms with van der Waals surface area (Å²) >= 11 is 0. The highest BCUT2D eigenvalue weighted by Gasteiger charge is 2.24. The minimum Gasteiger partial charge on any atom is -0.505 e. The van der Waals surface area contributed by atoms with Crippen molar-refractivity contribution < 1.29 is 67.8 Å². The van der Waals surface area contributed by atoms with Gasteiger partial charge in [0.25, 0.3) is 36.3 Å². The van der Waals surface area contributed by atoms with Crippen molar-refractivity contribution in [3.05, 3.63) is 96.6 Å². The van der Waals surface area contributed by atoms with E-state index in [4.69, 9.17) is 24.7 Å². The molecular weight excluding hydrogens is 917 g/mol. The van der Waals surface area contributed by atoms with Crippen LogP contribution in [-0.4, -0.2) is 78.4 Å². The number of aromatic hydroxyl groups is 1. The van der Waals surface area contributed by atoms with E-state index in [-0.39, 0.29) is 62.2 Å². The monoisotopic (exact) mass is 950 g/mol. The van der Waals surface area contributed by atoms with Crippen LogP contribution < -0.4 is 30.0 Å². The Morgan fingerprint density at radius 3 is 1.45 bits per heavy atom. The Hall–Kier alpha value is -7.62. The van der Waals surface area contributed by atoms with Crippen molar-refractivity contribution in [3.8, 4) is 28.7 Å². The second-order valence-electron chi connectivity index (χ2n) is 13.1. The van der Waals surface area contributed by atoms with Crippen LogP contribution in [0.25, 0.3) is 10.8 Å². The van der Waals surface area contributed by atoms with E-state index in [1.165, 1.54) is 83.0 Å². The van der Waals surface area contributed by atoms with E-state index < -0.39 is 68.1 Å². The van der Waals surface area contributed by atoms with E-state index in [0.717, 1.165) is 18.2 Å². The van der Waals surface area contributed by atoms with Gasteiger partial charge < -0.3 is 35.1 Å². The maximum absolute atomic E-state index is 12.8. The van der Waals surface area contributed by atoms with Gasteiger partial charge in [-0.2, -0.15) is 25.3 Å². The van der Waals surface area contributed by atoms with Crippen LogP contribution in [0.5, 0.6) is 28.7 Å². The zero-order valence-corrected chi connectivity index (χ0v) is 36.4. The Morgan fingerprint density at radius 1 is 0.538 bits per heavy atom. The third-order valence-electron chi connectivity index (χ3n) is 9.02. The highest BCUT2D eigenvalue weighted by Crippen LogP contribution is 2.46. The number of phenols is 1. The molecule has 65 heavy (non-hydrogen) atoms. The first-order chi connectivity index (χ1) is 30.6. The molecule has 0 radical (unpaired) electrons. The molecule has 0 aliphatic heterocycles. The maximum Gasteiger partial charge on any atom is 0.296 e. The molecule has 0 aliphatic carbocycles. The second kappa shape index (κ2) is 18.6. The molecule has 0 atom stereocenters. The summed E-state index contributed by atoms with van der Waals surface area (Å²) in [5.74, 6) is -1.05. The smallest absolute Gasteiger partial charge is 0.296 e. The molecule has 6 rings (SSSR count). The SMILES string of the molecule is COc1cc(N=Nc2ccc(S(=O)(=O)O)cc2S(=O)(=O)O)c(OC)cc1N=Nc1cc(OC)c(N=Nc2c(S(=O)(=O)O)cc3cc(NC(=O)c4ccc(N)cc4)ccc3c2O)cc1OC. The minimum absolute atomic E-state index is 0.00728. The number of nitrogens with zero attached hydrogens (tertiary/aromatic N) is 6. The van der Waals surface area contributed by atoms with Crippen LogP contribution in [0.1, 0.15) is 10.4 Å². The molecule has 26 heteroatoms. The van der Waals surface area contributed by atoms with Crippen LogP contribution in [0.15, 0.2) is 136 Å². The first kappa shape index (κ1) is 46.9. The molecule has 1 amide bonds. The van der Waals surface area contributed by atoms with Crippen molar-refractivity contribution in [2.45, 2.75) is 14.7 Å². The number of azo groups is 3. The zero-order valence-electron chi connectivity index (χ0n) is 33.9. The number of methoxy groups -OCH3 is 4. The van der Waals surface area contributed by atoms with Crippen LogP contribution in [0.4, 0.5) is 45.5 Å². The fourth-order valence-corrected chi connectivity index (χ4v) is 7.76. The Morgan fingerprint density at radius 2 is 1.00 bits per heavy atom. The number of nitrogen functional groups attached to an aromatic ring is 1. The van der Waals surface area contributed by atoms with E-state index >= 15 is 0 Å². The molecule has 6 aromatic rings. The molecule has 0 heterocycles. The molecule has 0 saturated heterocycles. The number of rotatable bonds is 15. The van der Waals surface area contributed by atoms with Crippen LogP contribution in [0.3, 0.4) is 0 Å². The average molecular weight is 951 g/mol. The first-order valence-corrected chi connectivity index (χ1v) is 22.3. The largest absolute Gasteiger partial charge is 0.505 e. The van der Waals surface area contributed by atoms with E-state index in [0.29, 0.717) is 17.3 Å². The van der Waals surface area contributed by atoms with Crippen LogP contribution in [0, 0.1) is 0 Å². The number of ether oxygens (including phenoxy) is 4. The van der Waals surface area contributed by atoms with Gasteiger partial charge in [0.05, 0.1) is 33.3 Å². The van der Waals surface area contributed by atoms with Gasteiger partial charge in [-0.25, -0.2) is 0 Å². The van der Waals surface area contributed by atoms with Crippen LogP contribution in [0.2, 0.25) is 0 Å². The lowest BCUT2D eigenvalue weighted by Crippen LogP contribution is -2.11. The number of carbonyl (C=O) groups excluding carboxylic acids is 1. The summed E-state index contributed by atoms with van der Waals surface area (Å²) in [6, 6.07) is 18.9. The summed E-state index contributed by atoms with van der Waals surface area (Å²) in [4.78, 5) is 10.2. The molecular formula is C39H34N8O15S3. The summed E-state index contributed by atoms with van der Waals surface area (Å²) in [6.07, 6.45) is 0. The average Bonchev–Trinajstić information content (AvgIpc) is 3.26. The number of nitrogens with one attached hydrogen (secondary N) is 1. The van der Waals surface area contributed by atoms with Gasteiger partial charge in [0, 0.05) is 46.6 Å². The van der Waals surface area contributed by atoms with E-state index in [9.17, 15) is 48.8 Å². The van der Waals surface area contributed by atoms with Crippen molar-refractivity contribution in [1.29, 1.82) is 0 Å². The predicted octanol–water partition coefficient (Wildman–Crippen LogP) is 8.40. The number of nitrogens with two attached hydrogens (primary N) is 1. The molecule has 0 bridgehead atoms. The molecule has 338 valence electrons. The second-order valence-corrected chi connectivity index (χ2v) is 17.3. The lowest BCUT2D eigenvalue weighted by atomic mass is 10.1. The number of amides is 1. The van der Waals surface area contributed by atoms with Crippen molar-refractivity contribution >= 4 is 92.5 Å². The molecule has 0 aliphatic rings. The fourth-order valence-electron chi connectivity index (χ4n) is 5.87. The Labute approximate surface area is 369 Å². The molecule has 0 fully saturated rings. The molecule has 7 N–H and O–H groups in total. The Balaban J connectivity index is 1.32.